The molecule has 5 nitrogen and oxygen atoms in total. The molecule has 2 rings (SSSR count). The fourth-order valence-electron chi connectivity index (χ4n) is 1.88. The van der Waals surface area contributed by atoms with Gasteiger partial charge in [0.25, 0.3) is 5.91 Å². The summed E-state index contributed by atoms with van der Waals surface area (Å²) in [5.41, 5.74) is 1.33. The molecular weight excluding hydrogens is 302 g/mol. The predicted molar refractivity (Wildman–Crippen MR) is 85.3 cm³/mol. The second-order valence-electron chi connectivity index (χ2n) is 5.03. The van der Waals surface area contributed by atoms with E-state index in [1.165, 1.54) is 18.6 Å². The van der Waals surface area contributed by atoms with Crippen LogP contribution in [-0.2, 0) is 6.42 Å². The zero-order chi connectivity index (χ0) is 15.9. The van der Waals surface area contributed by atoms with Crippen LogP contribution in [0.3, 0.4) is 0 Å². The van der Waals surface area contributed by atoms with Crippen LogP contribution in [-0.4, -0.2) is 28.5 Å². The van der Waals surface area contributed by atoms with Gasteiger partial charge in [-0.25, -0.2) is 4.98 Å². The summed E-state index contributed by atoms with van der Waals surface area (Å²) in [4.78, 5) is 19.6. The molecular formula is C16H18ClN3O2. The minimum atomic E-state index is -0.237. The molecule has 0 spiro atoms. The average Bonchev–Trinajstić information content (AvgIpc) is 2.50. The van der Waals surface area contributed by atoms with Crippen LogP contribution in [0.4, 0.5) is 0 Å². The summed E-state index contributed by atoms with van der Waals surface area (Å²) in [6.45, 7) is 4.40. The Morgan fingerprint density at radius 2 is 2.18 bits per heavy atom. The fraction of sp³-hybridized carbons (Fsp3) is 0.312. The van der Waals surface area contributed by atoms with Crippen molar-refractivity contribution < 1.29 is 9.53 Å². The van der Waals surface area contributed by atoms with Gasteiger partial charge in [-0.2, -0.15) is 0 Å². The van der Waals surface area contributed by atoms with Gasteiger partial charge in [0.05, 0.1) is 17.3 Å². The summed E-state index contributed by atoms with van der Waals surface area (Å²) in [6, 6.07) is 5.65. The number of rotatable bonds is 6. The number of nitrogens with zero attached hydrogens (tertiary/aromatic N) is 2. The molecule has 1 N–H and O–H groups in total. The summed E-state index contributed by atoms with van der Waals surface area (Å²) in [5, 5.41) is 3.37. The highest BCUT2D eigenvalue weighted by atomic mass is 35.5. The van der Waals surface area contributed by atoms with Crippen LogP contribution >= 0.6 is 11.6 Å². The first-order valence-electron chi connectivity index (χ1n) is 7.05. The zero-order valence-electron chi connectivity index (χ0n) is 12.5. The molecule has 1 aromatic heterocycles. The van der Waals surface area contributed by atoms with E-state index < -0.39 is 0 Å². The van der Waals surface area contributed by atoms with Gasteiger partial charge in [0.1, 0.15) is 11.4 Å². The number of hydrogen-bond acceptors (Lipinski definition) is 4. The van der Waals surface area contributed by atoms with Crippen molar-refractivity contribution in [3.8, 4) is 5.75 Å². The second-order valence-corrected chi connectivity index (χ2v) is 5.44. The van der Waals surface area contributed by atoms with Crippen molar-refractivity contribution in [1.29, 1.82) is 0 Å². The van der Waals surface area contributed by atoms with Crippen LogP contribution in [0.5, 0.6) is 5.75 Å². The minimum Gasteiger partial charge on any atom is -0.489 e. The van der Waals surface area contributed by atoms with Gasteiger partial charge in [-0.05, 0) is 38.0 Å². The van der Waals surface area contributed by atoms with E-state index in [2.05, 4.69) is 15.3 Å². The molecule has 0 aliphatic rings. The number of halogens is 1. The maximum atomic E-state index is 11.8. The van der Waals surface area contributed by atoms with Gasteiger partial charge in [0.15, 0.2) is 0 Å². The van der Waals surface area contributed by atoms with E-state index >= 15 is 0 Å². The van der Waals surface area contributed by atoms with Crippen molar-refractivity contribution in [3.05, 3.63) is 53.1 Å². The molecule has 0 bridgehead atoms. The average molecular weight is 320 g/mol. The normalized spacial score (nSPS) is 10.5. The first-order chi connectivity index (χ1) is 10.6. The lowest BCUT2D eigenvalue weighted by atomic mass is 10.1. The first-order valence-corrected chi connectivity index (χ1v) is 7.43. The van der Waals surface area contributed by atoms with E-state index in [0.717, 1.165) is 5.56 Å². The summed E-state index contributed by atoms with van der Waals surface area (Å²) < 4.78 is 5.58. The van der Waals surface area contributed by atoms with Gasteiger partial charge < -0.3 is 10.1 Å². The van der Waals surface area contributed by atoms with E-state index in [0.29, 0.717) is 29.4 Å². The van der Waals surface area contributed by atoms with Crippen LogP contribution in [0.1, 0.15) is 29.9 Å². The van der Waals surface area contributed by atoms with Crippen molar-refractivity contribution in [3.63, 3.8) is 0 Å². The molecule has 0 saturated heterocycles. The lowest BCUT2D eigenvalue weighted by Crippen LogP contribution is -2.26. The van der Waals surface area contributed by atoms with E-state index in [4.69, 9.17) is 16.3 Å². The van der Waals surface area contributed by atoms with E-state index in [9.17, 15) is 4.79 Å². The van der Waals surface area contributed by atoms with Crippen molar-refractivity contribution in [1.82, 2.24) is 15.3 Å². The van der Waals surface area contributed by atoms with Crippen LogP contribution in [0.15, 0.2) is 36.8 Å². The smallest absolute Gasteiger partial charge is 0.271 e. The SMILES string of the molecule is CC(C)Oc1ccc(CCNC(=O)c2cnccn2)cc1Cl. The highest BCUT2D eigenvalue weighted by Crippen LogP contribution is 2.26. The molecule has 116 valence electrons. The van der Waals surface area contributed by atoms with Crippen molar-refractivity contribution in [2.45, 2.75) is 26.4 Å². The summed E-state index contributed by atoms with van der Waals surface area (Å²) in [5.74, 6) is 0.433. The first kappa shape index (κ1) is 16.2. The molecule has 2 aromatic rings. The molecule has 0 aliphatic carbocycles. The topological polar surface area (TPSA) is 64.1 Å². The molecule has 0 fully saturated rings. The number of benzene rings is 1. The third kappa shape index (κ3) is 4.70. The van der Waals surface area contributed by atoms with Crippen LogP contribution in [0, 0.1) is 0 Å². The lowest BCUT2D eigenvalue weighted by Gasteiger charge is -2.12. The van der Waals surface area contributed by atoms with Crippen LogP contribution < -0.4 is 10.1 Å². The van der Waals surface area contributed by atoms with Gasteiger partial charge in [0, 0.05) is 18.9 Å². The fourth-order valence-corrected chi connectivity index (χ4v) is 2.12. The molecule has 0 atom stereocenters. The third-order valence-corrected chi connectivity index (χ3v) is 3.15. The number of nitrogens with one attached hydrogen (secondary N) is 1. The number of aromatic nitrogens is 2. The third-order valence-electron chi connectivity index (χ3n) is 2.85. The minimum absolute atomic E-state index is 0.0784. The van der Waals surface area contributed by atoms with E-state index in [1.54, 1.807) is 0 Å². The Labute approximate surface area is 134 Å². The molecule has 0 radical (unpaired) electrons. The van der Waals surface area contributed by atoms with Crippen molar-refractivity contribution >= 4 is 17.5 Å². The van der Waals surface area contributed by atoms with Gasteiger partial charge in [-0.15, -0.1) is 0 Å². The number of amides is 1. The van der Waals surface area contributed by atoms with Gasteiger partial charge in [0.2, 0.25) is 0 Å². The Morgan fingerprint density at radius 3 is 2.82 bits per heavy atom. The van der Waals surface area contributed by atoms with Crippen molar-refractivity contribution in [2.24, 2.45) is 0 Å². The monoisotopic (exact) mass is 319 g/mol. The molecule has 0 aliphatic heterocycles. The molecule has 6 heteroatoms. The quantitative estimate of drug-likeness (QED) is 0.889. The summed E-state index contributed by atoms with van der Waals surface area (Å²) >= 11 is 6.18. The Hall–Kier alpha value is -2.14. The largest absolute Gasteiger partial charge is 0.489 e. The summed E-state index contributed by atoms with van der Waals surface area (Å²) in [7, 11) is 0. The highest BCUT2D eigenvalue weighted by Gasteiger charge is 2.07. The molecule has 22 heavy (non-hydrogen) atoms. The van der Waals surface area contributed by atoms with Gasteiger partial charge >= 0.3 is 0 Å². The highest BCUT2D eigenvalue weighted by molar-refractivity contribution is 6.32. The van der Waals surface area contributed by atoms with Crippen molar-refractivity contribution in [2.75, 3.05) is 6.54 Å². The maximum Gasteiger partial charge on any atom is 0.271 e. The van der Waals surface area contributed by atoms with E-state index in [-0.39, 0.29) is 12.0 Å². The number of carbonyl (C=O) groups excluding carboxylic acids is 1. The predicted octanol–water partition coefficient (Wildman–Crippen LogP) is 2.89. The zero-order valence-corrected chi connectivity index (χ0v) is 13.3. The molecule has 1 aromatic carbocycles. The Bertz CT molecular complexity index is 633. The van der Waals surface area contributed by atoms with Gasteiger partial charge in [-0.3, -0.25) is 9.78 Å². The standard InChI is InChI=1S/C16H18ClN3O2/c1-11(2)22-15-4-3-12(9-13(15)17)5-6-20-16(21)14-10-18-7-8-19-14/h3-4,7-11H,5-6H2,1-2H3,(H,20,21). The molecule has 0 saturated carbocycles. The van der Waals surface area contributed by atoms with Crippen LogP contribution in [0.2, 0.25) is 5.02 Å². The second kappa shape index (κ2) is 7.75. The Kier molecular flexibility index (Phi) is 5.72. The Morgan fingerprint density at radius 1 is 1.36 bits per heavy atom. The number of carbonyl (C=O) groups is 1. The molecule has 1 heterocycles. The van der Waals surface area contributed by atoms with Crippen LogP contribution in [0.25, 0.3) is 0 Å². The van der Waals surface area contributed by atoms with E-state index in [1.807, 2.05) is 32.0 Å². The summed E-state index contributed by atoms with van der Waals surface area (Å²) in [6.07, 6.45) is 5.20. The maximum absolute atomic E-state index is 11.8. The Balaban J connectivity index is 1.87. The number of hydrogen-bond donors (Lipinski definition) is 1. The molecule has 1 amide bonds. The lowest BCUT2D eigenvalue weighted by molar-refractivity contribution is 0.0948. The molecule has 0 unspecified atom stereocenters. The number of ether oxygens (including phenoxy) is 1. The van der Waals surface area contributed by atoms with Gasteiger partial charge in [-0.1, -0.05) is 17.7 Å².